The normalized spacial score (nSPS) is 15.0. The Morgan fingerprint density at radius 1 is 1.27 bits per heavy atom. The largest absolute Gasteiger partial charge is 0.349 e. The van der Waals surface area contributed by atoms with E-state index in [1.165, 1.54) is 19.3 Å². The van der Waals surface area contributed by atoms with Gasteiger partial charge < -0.3 is 20.1 Å². The average Bonchev–Trinajstić information content (AvgIpc) is 2.74. The number of nitrogens with zero attached hydrogens (tertiary/aromatic N) is 5. The molecule has 0 radical (unpaired) electrons. The van der Waals surface area contributed by atoms with Gasteiger partial charge in [0.2, 0.25) is 5.91 Å². The zero-order chi connectivity index (χ0) is 15.9. The van der Waals surface area contributed by atoms with Crippen molar-refractivity contribution in [1.29, 1.82) is 0 Å². The number of fused-ring (bicyclic) bond motifs is 1. The lowest BCUT2D eigenvalue weighted by Crippen LogP contribution is -2.42. The first-order chi connectivity index (χ1) is 10.6. The number of carbonyl (C=O) groups is 1. The van der Waals surface area contributed by atoms with Gasteiger partial charge >= 0.3 is 0 Å². The lowest BCUT2D eigenvalue weighted by atomic mass is 10.2. The van der Waals surface area contributed by atoms with Crippen LogP contribution in [0.2, 0.25) is 0 Å². The van der Waals surface area contributed by atoms with Gasteiger partial charge in [-0.1, -0.05) is 6.42 Å². The molecule has 2 heterocycles. The molecule has 1 aliphatic rings. The van der Waals surface area contributed by atoms with E-state index in [9.17, 15) is 4.79 Å². The molecule has 2 N–H and O–H groups in total. The molecule has 1 amide bonds. The molecule has 8 nitrogen and oxygen atoms in total. The molecule has 0 saturated carbocycles. The summed E-state index contributed by atoms with van der Waals surface area (Å²) in [6, 6.07) is 0. The Morgan fingerprint density at radius 2 is 2.09 bits per heavy atom. The number of guanidine groups is 1. The van der Waals surface area contributed by atoms with E-state index < -0.39 is 0 Å². The van der Waals surface area contributed by atoms with Gasteiger partial charge in [0.05, 0.1) is 13.1 Å². The average molecular weight is 307 g/mol. The van der Waals surface area contributed by atoms with Gasteiger partial charge in [-0.15, -0.1) is 10.2 Å². The second kappa shape index (κ2) is 7.77. The second-order valence-corrected chi connectivity index (χ2v) is 5.56. The van der Waals surface area contributed by atoms with E-state index in [1.54, 1.807) is 26.0 Å². The quantitative estimate of drug-likeness (QED) is 0.592. The number of hydrogen-bond acceptors (Lipinski definition) is 4. The summed E-state index contributed by atoms with van der Waals surface area (Å²) in [6.07, 6.45) is 4.59. The fourth-order valence-electron chi connectivity index (χ4n) is 2.38. The molecule has 1 aromatic heterocycles. The van der Waals surface area contributed by atoms with Crippen molar-refractivity contribution in [2.45, 2.75) is 38.8 Å². The van der Waals surface area contributed by atoms with Crippen molar-refractivity contribution in [3.8, 4) is 0 Å². The molecule has 0 fully saturated rings. The summed E-state index contributed by atoms with van der Waals surface area (Å²) < 4.78 is 2.19. The van der Waals surface area contributed by atoms with E-state index in [0.717, 1.165) is 24.6 Å². The van der Waals surface area contributed by atoms with Crippen molar-refractivity contribution in [2.24, 2.45) is 4.99 Å². The predicted molar refractivity (Wildman–Crippen MR) is 84.5 cm³/mol. The van der Waals surface area contributed by atoms with Crippen molar-refractivity contribution < 1.29 is 4.79 Å². The molecule has 0 aliphatic carbocycles. The number of aryl methyl sites for hydroxylation is 1. The summed E-state index contributed by atoms with van der Waals surface area (Å²) in [4.78, 5) is 17.2. The fourth-order valence-corrected chi connectivity index (χ4v) is 2.38. The number of nitrogens with one attached hydrogen (secondary N) is 2. The molecular formula is C14H25N7O. The topological polar surface area (TPSA) is 87.4 Å². The molecule has 122 valence electrons. The molecule has 0 unspecified atom stereocenters. The van der Waals surface area contributed by atoms with Crippen LogP contribution in [0.4, 0.5) is 0 Å². The third kappa shape index (κ3) is 4.19. The zero-order valence-electron chi connectivity index (χ0n) is 13.6. The van der Waals surface area contributed by atoms with Crippen LogP contribution in [0.3, 0.4) is 0 Å². The molecule has 1 aromatic rings. The highest BCUT2D eigenvalue weighted by molar-refractivity contribution is 5.86. The number of aromatic nitrogens is 3. The summed E-state index contributed by atoms with van der Waals surface area (Å²) in [6.45, 7) is 1.73. The monoisotopic (exact) mass is 307 g/mol. The zero-order valence-corrected chi connectivity index (χ0v) is 13.6. The minimum atomic E-state index is -0.000653. The highest BCUT2D eigenvalue weighted by Gasteiger charge is 2.14. The van der Waals surface area contributed by atoms with Crippen LogP contribution in [0.15, 0.2) is 4.99 Å². The molecule has 0 spiro atoms. The first-order valence-electron chi connectivity index (χ1n) is 7.67. The Kier molecular flexibility index (Phi) is 5.74. The van der Waals surface area contributed by atoms with Crippen LogP contribution in [0.25, 0.3) is 0 Å². The van der Waals surface area contributed by atoms with Crippen LogP contribution in [-0.2, 0) is 24.3 Å². The lowest BCUT2D eigenvalue weighted by Gasteiger charge is -2.14. The summed E-state index contributed by atoms with van der Waals surface area (Å²) >= 11 is 0. The molecule has 0 bridgehead atoms. The van der Waals surface area contributed by atoms with Gasteiger partial charge in [0.25, 0.3) is 0 Å². The molecule has 0 saturated heterocycles. The van der Waals surface area contributed by atoms with Crippen LogP contribution in [0, 0.1) is 0 Å². The molecule has 1 aliphatic heterocycles. The number of aliphatic imine (C=N–C) groups is 1. The van der Waals surface area contributed by atoms with Crippen LogP contribution in [0.5, 0.6) is 0 Å². The minimum absolute atomic E-state index is 0.000653. The Labute approximate surface area is 131 Å². The van der Waals surface area contributed by atoms with Gasteiger partial charge in [-0.05, 0) is 12.8 Å². The molecule has 0 atom stereocenters. The molecule has 2 rings (SSSR count). The highest BCUT2D eigenvalue weighted by Crippen LogP contribution is 2.14. The van der Waals surface area contributed by atoms with Crippen molar-refractivity contribution in [2.75, 3.05) is 27.7 Å². The number of rotatable bonds is 4. The number of carbonyl (C=O) groups excluding carboxylic acids is 1. The van der Waals surface area contributed by atoms with Gasteiger partial charge in [-0.3, -0.25) is 9.79 Å². The van der Waals surface area contributed by atoms with Crippen LogP contribution >= 0.6 is 0 Å². The van der Waals surface area contributed by atoms with Crippen molar-refractivity contribution in [1.82, 2.24) is 30.3 Å². The highest BCUT2D eigenvalue weighted by atomic mass is 16.2. The number of hydrogen-bond donors (Lipinski definition) is 2. The van der Waals surface area contributed by atoms with Crippen LogP contribution < -0.4 is 10.6 Å². The maximum atomic E-state index is 11.6. The second-order valence-electron chi connectivity index (χ2n) is 5.56. The predicted octanol–water partition coefficient (Wildman–Crippen LogP) is -0.242. The Morgan fingerprint density at radius 3 is 2.82 bits per heavy atom. The van der Waals surface area contributed by atoms with E-state index in [2.05, 4.69) is 30.4 Å². The van der Waals surface area contributed by atoms with E-state index in [1.807, 2.05) is 0 Å². The summed E-state index contributed by atoms with van der Waals surface area (Å²) in [5.41, 5.74) is 0. The van der Waals surface area contributed by atoms with Crippen LogP contribution in [0.1, 0.15) is 30.9 Å². The molecule has 0 aromatic carbocycles. The van der Waals surface area contributed by atoms with Crippen molar-refractivity contribution >= 4 is 11.9 Å². The SMILES string of the molecule is CN=C(NCC(=O)N(C)C)NCc1nnc2n1CCCCC2. The first-order valence-corrected chi connectivity index (χ1v) is 7.67. The van der Waals surface area contributed by atoms with Gasteiger partial charge in [0.1, 0.15) is 5.82 Å². The summed E-state index contributed by atoms with van der Waals surface area (Å²) in [5.74, 6) is 2.57. The molecule has 8 heteroatoms. The third-order valence-electron chi connectivity index (χ3n) is 3.73. The van der Waals surface area contributed by atoms with Crippen molar-refractivity contribution in [3.05, 3.63) is 11.6 Å². The third-order valence-corrected chi connectivity index (χ3v) is 3.73. The maximum absolute atomic E-state index is 11.6. The summed E-state index contributed by atoms with van der Waals surface area (Å²) in [7, 11) is 5.14. The lowest BCUT2D eigenvalue weighted by molar-refractivity contribution is -0.127. The minimum Gasteiger partial charge on any atom is -0.349 e. The number of amides is 1. The Balaban J connectivity index is 1.88. The van der Waals surface area contributed by atoms with Gasteiger partial charge in [0.15, 0.2) is 11.8 Å². The van der Waals surface area contributed by atoms with E-state index >= 15 is 0 Å². The fraction of sp³-hybridized carbons (Fsp3) is 0.714. The Bertz CT molecular complexity index is 535. The van der Waals surface area contributed by atoms with Gasteiger partial charge in [-0.2, -0.15) is 0 Å². The van der Waals surface area contributed by atoms with Gasteiger partial charge in [-0.25, -0.2) is 0 Å². The van der Waals surface area contributed by atoms with Crippen LogP contribution in [-0.4, -0.2) is 59.2 Å². The van der Waals surface area contributed by atoms with Gasteiger partial charge in [0, 0.05) is 34.1 Å². The standard InChI is InChI=1S/C14H25N7O/c1-15-14(17-10-13(22)20(2)3)16-9-12-19-18-11-7-5-4-6-8-21(11)12/h4-10H2,1-3H3,(H2,15,16,17). The van der Waals surface area contributed by atoms with E-state index in [-0.39, 0.29) is 12.5 Å². The van der Waals surface area contributed by atoms with E-state index in [4.69, 9.17) is 0 Å². The summed E-state index contributed by atoms with van der Waals surface area (Å²) in [5, 5.41) is 14.7. The maximum Gasteiger partial charge on any atom is 0.241 e. The van der Waals surface area contributed by atoms with Crippen molar-refractivity contribution in [3.63, 3.8) is 0 Å². The smallest absolute Gasteiger partial charge is 0.241 e. The number of likely N-dealkylation sites (N-methyl/N-ethyl adjacent to an activating group) is 1. The molecule has 22 heavy (non-hydrogen) atoms. The molecular weight excluding hydrogens is 282 g/mol. The van der Waals surface area contributed by atoms with E-state index in [0.29, 0.717) is 12.5 Å². The first kappa shape index (κ1) is 16.3. The Hall–Kier alpha value is -2.12.